The van der Waals surface area contributed by atoms with Crippen molar-refractivity contribution in [3.05, 3.63) is 143 Å². The summed E-state index contributed by atoms with van der Waals surface area (Å²) in [5, 5.41) is 4.71. The lowest BCUT2D eigenvalue weighted by Crippen LogP contribution is -2.38. The van der Waals surface area contributed by atoms with Gasteiger partial charge in [0.1, 0.15) is 6.17 Å². The molecule has 7 nitrogen and oxygen atoms in total. The highest BCUT2D eigenvalue weighted by molar-refractivity contribution is 8.14. The Labute approximate surface area is 284 Å². The third-order valence-corrected chi connectivity index (χ3v) is 10.1. The van der Waals surface area contributed by atoms with Gasteiger partial charge in [0.25, 0.3) is 0 Å². The number of nitrogens with one attached hydrogen (secondary N) is 2. The summed E-state index contributed by atoms with van der Waals surface area (Å²) in [6.07, 6.45) is 3.56. The number of amidine groups is 1. The SMILES string of the molecule is C=Cc1ccc(CN(C)N[C@H](C)Sc2cccc3c2C(=O)c2cccc(SC4=N[C@H](C)N(Cc5ccc(C=C)cc5)N4)c2C3=O)cc1. The monoisotopic (exact) mass is 659 g/mol. The maximum atomic E-state index is 14.1. The number of benzene rings is 4. The number of fused-ring (bicyclic) bond motifs is 2. The molecule has 47 heavy (non-hydrogen) atoms. The third-order valence-electron chi connectivity index (χ3n) is 8.11. The summed E-state index contributed by atoms with van der Waals surface area (Å²) in [5.41, 5.74) is 13.1. The average molecular weight is 660 g/mol. The van der Waals surface area contributed by atoms with Gasteiger partial charge in [-0.25, -0.2) is 15.4 Å². The van der Waals surface area contributed by atoms with E-state index < -0.39 is 0 Å². The molecule has 1 heterocycles. The van der Waals surface area contributed by atoms with Crippen LogP contribution in [0.2, 0.25) is 0 Å². The molecule has 0 radical (unpaired) electrons. The van der Waals surface area contributed by atoms with Crippen LogP contribution in [-0.4, -0.2) is 45.3 Å². The summed E-state index contributed by atoms with van der Waals surface area (Å²) in [6.45, 7) is 13.1. The number of carbonyl (C=O) groups excluding carboxylic acids is 2. The lowest BCUT2D eigenvalue weighted by Gasteiger charge is -2.25. The molecule has 4 aromatic carbocycles. The Hall–Kier alpha value is -4.25. The summed E-state index contributed by atoms with van der Waals surface area (Å²) in [7, 11) is 1.99. The molecule has 9 heteroatoms. The van der Waals surface area contributed by atoms with Gasteiger partial charge in [-0.05, 0) is 48.2 Å². The molecule has 1 aliphatic heterocycles. The van der Waals surface area contributed by atoms with E-state index in [1.807, 2.05) is 79.7 Å². The summed E-state index contributed by atoms with van der Waals surface area (Å²) in [4.78, 5) is 34.4. The molecule has 6 rings (SSSR count). The Balaban J connectivity index is 1.15. The molecule has 1 aliphatic carbocycles. The van der Waals surface area contributed by atoms with Crippen molar-refractivity contribution in [3.63, 3.8) is 0 Å². The first-order valence-corrected chi connectivity index (χ1v) is 17.1. The highest BCUT2D eigenvalue weighted by Crippen LogP contribution is 2.39. The van der Waals surface area contributed by atoms with Crippen molar-refractivity contribution in [2.24, 2.45) is 4.99 Å². The van der Waals surface area contributed by atoms with E-state index in [-0.39, 0.29) is 23.1 Å². The Morgan fingerprint density at radius 3 is 2.02 bits per heavy atom. The topological polar surface area (TPSA) is 77.0 Å². The van der Waals surface area contributed by atoms with Crippen molar-refractivity contribution < 1.29 is 9.59 Å². The van der Waals surface area contributed by atoms with Crippen molar-refractivity contribution in [1.29, 1.82) is 0 Å². The number of ketones is 2. The number of carbonyl (C=O) groups is 2. The van der Waals surface area contributed by atoms with Crippen LogP contribution in [-0.2, 0) is 13.1 Å². The molecule has 0 aromatic heterocycles. The van der Waals surface area contributed by atoms with Gasteiger partial charge in [-0.15, -0.1) is 11.8 Å². The molecule has 4 aromatic rings. The molecule has 2 N–H and O–H groups in total. The van der Waals surface area contributed by atoms with Gasteiger partial charge < -0.3 is 0 Å². The highest BCUT2D eigenvalue weighted by atomic mass is 32.2. The van der Waals surface area contributed by atoms with Crippen LogP contribution in [0, 0.1) is 0 Å². The van der Waals surface area contributed by atoms with Gasteiger partial charge in [-0.3, -0.25) is 15.0 Å². The average Bonchev–Trinajstić information content (AvgIpc) is 3.41. The van der Waals surface area contributed by atoms with Gasteiger partial charge in [0.15, 0.2) is 16.7 Å². The van der Waals surface area contributed by atoms with Gasteiger partial charge in [0.05, 0.1) is 5.37 Å². The second-order valence-corrected chi connectivity index (χ2v) is 14.0. The van der Waals surface area contributed by atoms with E-state index in [9.17, 15) is 9.59 Å². The normalized spacial score (nSPS) is 16.3. The number of thioether (sulfide) groups is 2. The van der Waals surface area contributed by atoms with Crippen LogP contribution in [0.4, 0.5) is 0 Å². The molecule has 2 aliphatic rings. The number of rotatable bonds is 11. The fourth-order valence-corrected chi connectivity index (χ4v) is 7.85. The summed E-state index contributed by atoms with van der Waals surface area (Å²) >= 11 is 2.91. The number of nitrogens with zero attached hydrogens (tertiary/aromatic N) is 3. The van der Waals surface area contributed by atoms with Crippen molar-refractivity contribution in [1.82, 2.24) is 20.9 Å². The first-order chi connectivity index (χ1) is 22.7. The molecule has 0 spiro atoms. The van der Waals surface area contributed by atoms with Gasteiger partial charge in [-0.2, -0.15) is 5.01 Å². The molecule has 238 valence electrons. The molecular weight excluding hydrogens is 623 g/mol. The largest absolute Gasteiger partial charge is 0.295 e. The first-order valence-electron chi connectivity index (χ1n) is 15.4. The van der Waals surface area contributed by atoms with Crippen molar-refractivity contribution >= 4 is 52.4 Å². The van der Waals surface area contributed by atoms with Crippen LogP contribution in [0.1, 0.15) is 67.9 Å². The van der Waals surface area contributed by atoms with Gasteiger partial charge in [0, 0.05) is 52.2 Å². The van der Waals surface area contributed by atoms with E-state index in [1.165, 1.54) is 29.1 Å². The van der Waals surface area contributed by atoms with Crippen LogP contribution in [0.25, 0.3) is 12.2 Å². The Bertz CT molecular complexity index is 1870. The van der Waals surface area contributed by atoms with Crippen molar-refractivity contribution in [2.45, 2.75) is 48.3 Å². The maximum Gasteiger partial charge on any atom is 0.195 e. The molecule has 0 unspecified atom stereocenters. The van der Waals surface area contributed by atoms with Crippen LogP contribution >= 0.6 is 23.5 Å². The molecule has 0 amide bonds. The Morgan fingerprint density at radius 2 is 1.43 bits per heavy atom. The van der Waals surface area contributed by atoms with Gasteiger partial charge in [-0.1, -0.05) is 110 Å². The Kier molecular flexibility index (Phi) is 9.91. The van der Waals surface area contributed by atoms with Crippen LogP contribution in [0.15, 0.2) is 113 Å². The number of hydrogen-bond acceptors (Lipinski definition) is 9. The molecule has 0 bridgehead atoms. The van der Waals surface area contributed by atoms with E-state index in [2.05, 4.69) is 60.2 Å². The summed E-state index contributed by atoms with van der Waals surface area (Å²) < 4.78 is 0. The quantitative estimate of drug-likeness (QED) is 0.0852. The molecule has 0 saturated heterocycles. The third kappa shape index (κ3) is 7.20. The molecular formula is C38H37N5O2S2. The van der Waals surface area contributed by atoms with Crippen molar-refractivity contribution in [3.8, 4) is 0 Å². The minimum Gasteiger partial charge on any atom is -0.295 e. The highest BCUT2D eigenvalue weighted by Gasteiger charge is 2.35. The molecule has 0 fully saturated rings. The zero-order valence-corrected chi connectivity index (χ0v) is 28.3. The standard InChI is InChI=1S/C38H37N5O2S2/c1-6-26-14-18-28(19-15-26)22-42(5)40-25(4)46-32-12-8-10-30-34(32)36(44)31-11-9-13-33(35(31)37(30)45)47-38-39-24(3)43(41-38)23-29-20-16-27(7-2)17-21-29/h6-21,24-25,40H,1-2,22-23H2,3-5H3,(H,39,41)/t24-,25-/m0/s1. The fourth-order valence-electron chi connectivity index (χ4n) is 5.73. The second kappa shape index (κ2) is 14.3. The first kappa shape index (κ1) is 32.7. The van der Waals surface area contributed by atoms with E-state index in [0.29, 0.717) is 45.4 Å². The lowest BCUT2D eigenvalue weighted by atomic mass is 9.84. The number of hydrogen-bond donors (Lipinski definition) is 2. The van der Waals surface area contributed by atoms with E-state index >= 15 is 0 Å². The van der Waals surface area contributed by atoms with Gasteiger partial charge in [0.2, 0.25) is 0 Å². The molecule has 2 atom stereocenters. The zero-order valence-electron chi connectivity index (χ0n) is 26.7. The van der Waals surface area contributed by atoms with E-state index in [4.69, 9.17) is 4.99 Å². The smallest absolute Gasteiger partial charge is 0.195 e. The fraction of sp³-hybridized carbons (Fsp3) is 0.184. The predicted octanol–water partition coefficient (Wildman–Crippen LogP) is 7.64. The lowest BCUT2D eigenvalue weighted by molar-refractivity contribution is 0.0974. The van der Waals surface area contributed by atoms with Crippen LogP contribution < -0.4 is 10.9 Å². The van der Waals surface area contributed by atoms with Gasteiger partial charge >= 0.3 is 0 Å². The Morgan fingerprint density at radius 1 is 0.872 bits per heavy atom. The minimum atomic E-state index is -0.147. The number of hydrazine groups is 2. The van der Waals surface area contributed by atoms with Crippen molar-refractivity contribution in [2.75, 3.05) is 7.05 Å². The zero-order chi connectivity index (χ0) is 33.1. The second-order valence-electron chi connectivity index (χ2n) is 11.6. The van der Waals surface area contributed by atoms with Crippen LogP contribution in [0.3, 0.4) is 0 Å². The van der Waals surface area contributed by atoms with Crippen LogP contribution in [0.5, 0.6) is 0 Å². The minimum absolute atomic E-state index is 0.0542. The molecule has 0 saturated carbocycles. The number of aliphatic imine (C=N–C) groups is 1. The van der Waals surface area contributed by atoms with E-state index in [1.54, 1.807) is 12.1 Å². The summed E-state index contributed by atoms with van der Waals surface area (Å²) in [6, 6.07) is 27.5. The summed E-state index contributed by atoms with van der Waals surface area (Å²) in [5.74, 6) is -0.283. The maximum absolute atomic E-state index is 14.1. The van der Waals surface area contributed by atoms with E-state index in [0.717, 1.165) is 21.6 Å². The predicted molar refractivity (Wildman–Crippen MR) is 194 cm³/mol.